The average molecular weight is 1550 g/mol. The maximum atomic E-state index is 13.1. The molecule has 0 fully saturated rings. The summed E-state index contributed by atoms with van der Waals surface area (Å²) >= 11 is 0. The molecule has 0 aromatic carbocycles. The molecule has 5 unspecified atom stereocenters. The highest BCUT2D eigenvalue weighted by molar-refractivity contribution is 7.47. The molecule has 108 heavy (non-hydrogen) atoms. The van der Waals surface area contributed by atoms with Gasteiger partial charge < -0.3 is 33.8 Å². The summed E-state index contributed by atoms with van der Waals surface area (Å²) in [7, 11) is -10.0. The van der Waals surface area contributed by atoms with Crippen LogP contribution >= 0.6 is 15.6 Å². The molecule has 0 aromatic rings. The van der Waals surface area contributed by atoms with Crippen LogP contribution in [0.5, 0.6) is 0 Å². The first-order valence-corrected chi connectivity index (χ1v) is 44.0. The molecule has 0 bridgehead atoms. The van der Waals surface area contributed by atoms with Crippen LogP contribution in [0.2, 0.25) is 0 Å². The van der Waals surface area contributed by atoms with E-state index in [0.29, 0.717) is 32.1 Å². The Morgan fingerprint density at radius 3 is 0.806 bits per heavy atom. The second kappa shape index (κ2) is 79.3. The molecule has 19 heteroatoms. The van der Waals surface area contributed by atoms with Gasteiger partial charge in [-0.05, 0) is 148 Å². The number of aliphatic hydroxyl groups excluding tert-OH is 1. The molecule has 0 aliphatic carbocycles. The topological polar surface area (TPSA) is 237 Å². The molecule has 0 radical (unpaired) electrons. The van der Waals surface area contributed by atoms with E-state index in [1.54, 1.807) is 0 Å². The van der Waals surface area contributed by atoms with Crippen LogP contribution in [0.1, 0.15) is 297 Å². The van der Waals surface area contributed by atoms with Gasteiger partial charge in [-0.15, -0.1) is 0 Å². The lowest BCUT2D eigenvalue weighted by molar-refractivity contribution is -0.161. The number of phosphoric ester groups is 2. The third kappa shape index (κ3) is 78.3. The predicted octanol–water partition coefficient (Wildman–Crippen LogP) is 24.3. The van der Waals surface area contributed by atoms with E-state index in [2.05, 4.69) is 192 Å². The molecule has 0 rings (SSSR count). The van der Waals surface area contributed by atoms with Crippen molar-refractivity contribution in [1.29, 1.82) is 0 Å². The Morgan fingerprint density at radius 1 is 0.269 bits per heavy atom. The maximum Gasteiger partial charge on any atom is 0.472 e. The standard InChI is InChI=1S/C89H144O17P2/c1-5-9-13-17-21-25-29-33-36-39-41-44-46-50-53-57-61-65-69-73-86(91)99-79-84(105-88(93)75-71-67-63-59-55-49-32-28-24-20-16-12-8-4)81-103-107(95,96)101-77-83(90)78-102-108(97,98)104-82-85(106-89(94)76-72-68-64-60-56-52-48-43-38-35-31-27-23-19-15-11-7-3)80-100-87(92)74-70-66-62-58-54-51-47-45-42-40-37-34-30-26-22-18-14-10-6-2/h9-11,13-15,21-23,25-27,33-38,41-42,44-45,48,50-54,61,65,83-85,90H,5-8,12,16-20,24,28-32,39-40,43,46-47,49,55-60,62-64,66-82H2,1-4H3,(H,95,96)(H,97,98)/b13-9-,14-10-,15-11-,25-21-,26-22-,27-23-,36-33-,37-34-,38-35-,44-41-,45-42-,52-48-,53-50-,54-51-,65-61-. The van der Waals surface area contributed by atoms with E-state index >= 15 is 0 Å². The molecule has 0 aromatic heterocycles. The van der Waals surface area contributed by atoms with Crippen molar-refractivity contribution in [3.05, 3.63) is 182 Å². The molecule has 0 saturated heterocycles. The van der Waals surface area contributed by atoms with Crippen molar-refractivity contribution in [2.45, 2.75) is 316 Å². The molecule has 0 aliphatic heterocycles. The quantitative estimate of drug-likeness (QED) is 0.0169. The lowest BCUT2D eigenvalue weighted by Gasteiger charge is -2.21. The van der Waals surface area contributed by atoms with Crippen molar-refractivity contribution in [2.24, 2.45) is 0 Å². The van der Waals surface area contributed by atoms with Gasteiger partial charge in [0.05, 0.1) is 26.4 Å². The van der Waals surface area contributed by atoms with E-state index in [-0.39, 0.29) is 25.7 Å². The number of phosphoric acid groups is 2. The van der Waals surface area contributed by atoms with Crippen molar-refractivity contribution in [3.63, 3.8) is 0 Å². The summed E-state index contributed by atoms with van der Waals surface area (Å²) in [4.78, 5) is 73.1. The summed E-state index contributed by atoms with van der Waals surface area (Å²) in [6.45, 7) is 4.38. The van der Waals surface area contributed by atoms with Crippen LogP contribution in [-0.2, 0) is 65.4 Å². The molecular formula is C89H144O17P2. The number of carbonyl (C=O) groups excluding carboxylic acids is 4. The van der Waals surface area contributed by atoms with Crippen molar-refractivity contribution in [2.75, 3.05) is 39.6 Å². The van der Waals surface area contributed by atoms with Crippen molar-refractivity contribution >= 4 is 39.5 Å². The van der Waals surface area contributed by atoms with Gasteiger partial charge in [-0.2, -0.15) is 0 Å². The summed E-state index contributed by atoms with van der Waals surface area (Å²) in [6.07, 6.45) is 95.9. The van der Waals surface area contributed by atoms with Crippen LogP contribution in [0.3, 0.4) is 0 Å². The zero-order valence-electron chi connectivity index (χ0n) is 66.9. The molecule has 17 nitrogen and oxygen atoms in total. The number of unbranched alkanes of at least 4 members (excludes halogenated alkanes) is 19. The number of hydrogen-bond acceptors (Lipinski definition) is 15. The first kappa shape index (κ1) is 102. The fourth-order valence-electron chi connectivity index (χ4n) is 10.3. The largest absolute Gasteiger partial charge is 0.472 e. The molecular weight excluding hydrogens is 1400 g/mol. The Bertz CT molecular complexity index is 2760. The molecule has 612 valence electrons. The lowest BCUT2D eigenvalue weighted by atomic mass is 10.0. The summed E-state index contributed by atoms with van der Waals surface area (Å²) in [5, 5.41) is 10.7. The molecule has 3 N–H and O–H groups in total. The molecule has 0 spiro atoms. The summed E-state index contributed by atoms with van der Waals surface area (Å²) in [5.74, 6) is -2.35. The number of allylic oxidation sites excluding steroid dienone is 30. The van der Waals surface area contributed by atoms with Crippen LogP contribution in [0.4, 0.5) is 0 Å². The molecule has 0 aliphatic rings. The molecule has 5 atom stereocenters. The first-order valence-electron chi connectivity index (χ1n) is 41.0. The van der Waals surface area contributed by atoms with Crippen molar-refractivity contribution in [3.8, 4) is 0 Å². The minimum Gasteiger partial charge on any atom is -0.462 e. The molecule has 0 amide bonds. The van der Waals surface area contributed by atoms with Crippen molar-refractivity contribution in [1.82, 2.24) is 0 Å². The second-order valence-electron chi connectivity index (χ2n) is 26.6. The van der Waals surface area contributed by atoms with Crippen LogP contribution < -0.4 is 0 Å². The van der Waals surface area contributed by atoms with E-state index < -0.39 is 97.5 Å². The molecule has 0 saturated carbocycles. The van der Waals surface area contributed by atoms with E-state index in [9.17, 15) is 43.2 Å². The number of ether oxygens (including phenoxy) is 4. The van der Waals surface area contributed by atoms with Gasteiger partial charge in [-0.3, -0.25) is 37.3 Å². The van der Waals surface area contributed by atoms with Crippen molar-refractivity contribution < 1.29 is 80.2 Å². The van der Waals surface area contributed by atoms with Gasteiger partial charge in [0, 0.05) is 25.7 Å². The number of rotatable bonds is 75. The lowest BCUT2D eigenvalue weighted by Crippen LogP contribution is -2.30. The van der Waals surface area contributed by atoms with Crippen LogP contribution in [0.25, 0.3) is 0 Å². The van der Waals surface area contributed by atoms with Gasteiger partial charge >= 0.3 is 39.5 Å². The highest BCUT2D eigenvalue weighted by atomic mass is 31.2. The Labute approximate surface area is 654 Å². The Balaban J connectivity index is 5.49. The number of aliphatic hydroxyl groups is 1. The van der Waals surface area contributed by atoms with Gasteiger partial charge in [0.15, 0.2) is 12.2 Å². The summed E-state index contributed by atoms with van der Waals surface area (Å²) < 4.78 is 68.6. The van der Waals surface area contributed by atoms with Gasteiger partial charge in [0.1, 0.15) is 19.3 Å². The molecule has 0 heterocycles. The smallest absolute Gasteiger partial charge is 0.462 e. The monoisotopic (exact) mass is 1550 g/mol. The summed E-state index contributed by atoms with van der Waals surface area (Å²) in [6, 6.07) is 0. The zero-order valence-corrected chi connectivity index (χ0v) is 68.7. The van der Waals surface area contributed by atoms with E-state index in [4.69, 9.17) is 37.0 Å². The van der Waals surface area contributed by atoms with E-state index in [0.717, 1.165) is 161 Å². The predicted molar refractivity (Wildman–Crippen MR) is 445 cm³/mol. The van der Waals surface area contributed by atoms with Gasteiger partial charge in [-0.25, -0.2) is 9.13 Å². The maximum absolute atomic E-state index is 13.1. The number of esters is 4. The zero-order chi connectivity index (χ0) is 78.9. The van der Waals surface area contributed by atoms with E-state index in [1.165, 1.54) is 51.4 Å². The summed E-state index contributed by atoms with van der Waals surface area (Å²) in [5.41, 5.74) is 0. The first-order chi connectivity index (χ1) is 52.7. The Hall–Kier alpha value is -5.84. The SMILES string of the molecule is CC/C=C\C/C=C\C/C=C\C/C=C\C/C=C\C/C=C\CCC(=O)OCC(COP(=O)(O)OCC(O)COP(=O)(O)OCC(COC(=O)CCCCC/C=C\C/C=C\C/C=C\C/C=C\C/C=C\CC)OC(=O)CCCCCC/C=C\C/C=C\C/C=C\C/C=C\CC)OC(=O)CCCCCCCCCCCCCCC. The minimum atomic E-state index is -5.01. The highest BCUT2D eigenvalue weighted by Crippen LogP contribution is 2.45. The van der Waals surface area contributed by atoms with Gasteiger partial charge in [-0.1, -0.05) is 306 Å². The third-order valence-electron chi connectivity index (χ3n) is 16.4. The number of carbonyl (C=O) groups is 4. The van der Waals surface area contributed by atoms with Crippen LogP contribution in [0, 0.1) is 0 Å². The average Bonchev–Trinajstić information content (AvgIpc) is 0.916. The fourth-order valence-corrected chi connectivity index (χ4v) is 11.8. The van der Waals surface area contributed by atoms with Crippen LogP contribution in [0.15, 0.2) is 182 Å². The number of hydrogen-bond donors (Lipinski definition) is 3. The minimum absolute atomic E-state index is 0.0312. The Morgan fingerprint density at radius 2 is 0.500 bits per heavy atom. The highest BCUT2D eigenvalue weighted by Gasteiger charge is 2.30. The Kier molecular flexibility index (Phi) is 75.0. The normalized spacial score (nSPS) is 14.8. The van der Waals surface area contributed by atoms with Crippen LogP contribution in [-0.4, -0.2) is 96.7 Å². The van der Waals surface area contributed by atoms with Gasteiger partial charge in [0.2, 0.25) is 0 Å². The second-order valence-corrected chi connectivity index (χ2v) is 29.5. The van der Waals surface area contributed by atoms with E-state index in [1.807, 2.05) is 18.2 Å². The van der Waals surface area contributed by atoms with Gasteiger partial charge in [0.25, 0.3) is 0 Å². The fraction of sp³-hybridized carbons (Fsp3) is 0.618. The third-order valence-corrected chi connectivity index (χ3v) is 18.3.